The first kappa shape index (κ1) is 22.2. The molecule has 0 radical (unpaired) electrons. The van der Waals surface area contributed by atoms with Crippen molar-refractivity contribution in [3.63, 3.8) is 0 Å². The predicted molar refractivity (Wildman–Crippen MR) is 118 cm³/mol. The number of carbonyl (C=O) groups excluding carboxylic acids is 1. The lowest BCUT2D eigenvalue weighted by molar-refractivity contribution is 0.109. The number of amides is 1. The van der Waals surface area contributed by atoms with Crippen LogP contribution in [-0.4, -0.2) is 37.9 Å². The highest BCUT2D eigenvalue weighted by Gasteiger charge is 2.26. The van der Waals surface area contributed by atoms with Gasteiger partial charge in [0.25, 0.3) is 0 Å². The largest absolute Gasteiger partial charge is 0.447 e. The van der Waals surface area contributed by atoms with Crippen molar-refractivity contribution in [1.29, 1.82) is 0 Å². The Morgan fingerprint density at radius 2 is 1.97 bits per heavy atom. The van der Waals surface area contributed by atoms with Gasteiger partial charge >= 0.3 is 6.09 Å². The van der Waals surface area contributed by atoms with E-state index in [0.29, 0.717) is 16.4 Å². The van der Waals surface area contributed by atoms with Gasteiger partial charge in [0.1, 0.15) is 0 Å². The van der Waals surface area contributed by atoms with E-state index in [-0.39, 0.29) is 18.2 Å². The fraction of sp³-hybridized carbons (Fsp3) is 0.500. The van der Waals surface area contributed by atoms with E-state index in [1.807, 2.05) is 26.0 Å². The number of rotatable bonds is 5. The fourth-order valence-corrected chi connectivity index (χ4v) is 6.13. The molecule has 1 heterocycles. The van der Waals surface area contributed by atoms with E-state index in [1.54, 1.807) is 23.6 Å². The highest BCUT2D eigenvalue weighted by atomic mass is 79.9. The Hall–Kier alpha value is -1.45. The summed E-state index contributed by atoms with van der Waals surface area (Å²) >= 11 is 4.90. The smallest absolute Gasteiger partial charge is 0.407 e. The molecule has 6 nitrogen and oxygen atoms in total. The van der Waals surface area contributed by atoms with E-state index in [2.05, 4.69) is 26.2 Å². The standard InChI is InChI=1S/C20H25BrN2O4S2/c1-12(2)27-20(24)23-15-7-4-13(5-8-15)19-22-11-17(28-19)16-9-6-14(21)10-18(16)29(3,25)26/h6,9-13,15H,4-5,7-8H2,1-3H3,(H,23,24)/t13-,15-. The number of ether oxygens (including phenoxy) is 1. The molecule has 0 spiro atoms. The van der Waals surface area contributed by atoms with Gasteiger partial charge in [0, 0.05) is 34.4 Å². The summed E-state index contributed by atoms with van der Waals surface area (Å²) in [6.45, 7) is 3.66. The molecule has 9 heteroatoms. The number of nitrogens with one attached hydrogen (secondary N) is 1. The zero-order chi connectivity index (χ0) is 21.2. The van der Waals surface area contributed by atoms with Crippen LogP contribution in [0, 0.1) is 0 Å². The third-order valence-electron chi connectivity index (χ3n) is 4.87. The number of nitrogens with zero attached hydrogens (tertiary/aromatic N) is 1. The van der Waals surface area contributed by atoms with Gasteiger partial charge in [-0.25, -0.2) is 18.2 Å². The van der Waals surface area contributed by atoms with Crippen molar-refractivity contribution in [2.45, 2.75) is 62.5 Å². The minimum Gasteiger partial charge on any atom is -0.447 e. The van der Waals surface area contributed by atoms with Crippen LogP contribution in [0.4, 0.5) is 4.79 Å². The van der Waals surface area contributed by atoms with E-state index in [1.165, 1.54) is 6.26 Å². The maximum absolute atomic E-state index is 12.2. The monoisotopic (exact) mass is 500 g/mol. The lowest BCUT2D eigenvalue weighted by Crippen LogP contribution is -2.38. The minimum atomic E-state index is -3.35. The molecule has 1 saturated carbocycles. The zero-order valence-corrected chi connectivity index (χ0v) is 19.9. The molecule has 3 rings (SSSR count). The molecule has 0 atom stereocenters. The van der Waals surface area contributed by atoms with Gasteiger partial charge in [-0.3, -0.25) is 0 Å². The molecule has 0 aliphatic heterocycles. The van der Waals surface area contributed by atoms with Crippen LogP contribution in [-0.2, 0) is 14.6 Å². The maximum atomic E-state index is 12.2. The van der Waals surface area contributed by atoms with Gasteiger partial charge in [-0.15, -0.1) is 11.3 Å². The molecule has 1 aromatic heterocycles. The number of sulfone groups is 1. The van der Waals surface area contributed by atoms with Crippen LogP contribution < -0.4 is 5.32 Å². The fourth-order valence-electron chi connectivity index (χ4n) is 3.51. The lowest BCUT2D eigenvalue weighted by atomic mass is 9.86. The summed E-state index contributed by atoms with van der Waals surface area (Å²) in [7, 11) is -3.35. The first-order valence-electron chi connectivity index (χ1n) is 9.56. The number of alkyl carbamates (subject to hydrolysis) is 1. The van der Waals surface area contributed by atoms with Crippen LogP contribution in [0.3, 0.4) is 0 Å². The van der Waals surface area contributed by atoms with Crippen LogP contribution in [0.1, 0.15) is 50.5 Å². The van der Waals surface area contributed by atoms with E-state index in [4.69, 9.17) is 4.74 Å². The molecular formula is C20H25BrN2O4S2. The molecule has 1 amide bonds. The quantitative estimate of drug-likeness (QED) is 0.614. The average Bonchev–Trinajstić information content (AvgIpc) is 3.10. The zero-order valence-electron chi connectivity index (χ0n) is 16.6. The van der Waals surface area contributed by atoms with Crippen molar-refractivity contribution in [2.75, 3.05) is 6.26 Å². The molecule has 29 heavy (non-hydrogen) atoms. The molecule has 0 bridgehead atoms. The Kier molecular flexibility index (Phi) is 7.01. The maximum Gasteiger partial charge on any atom is 0.407 e. The van der Waals surface area contributed by atoms with Gasteiger partial charge in [-0.05, 0) is 51.7 Å². The highest BCUT2D eigenvalue weighted by Crippen LogP contribution is 2.39. The summed E-state index contributed by atoms with van der Waals surface area (Å²) in [5, 5.41) is 3.95. The summed E-state index contributed by atoms with van der Waals surface area (Å²) in [4.78, 5) is 17.5. The summed E-state index contributed by atoms with van der Waals surface area (Å²) in [6.07, 6.45) is 6.11. The highest BCUT2D eigenvalue weighted by molar-refractivity contribution is 9.10. The normalized spacial score (nSPS) is 19.9. The number of carbonyl (C=O) groups is 1. The van der Waals surface area contributed by atoms with Gasteiger partial charge in [0.2, 0.25) is 0 Å². The third-order valence-corrected chi connectivity index (χ3v) is 7.70. The van der Waals surface area contributed by atoms with Crippen molar-refractivity contribution >= 4 is 43.2 Å². The number of benzene rings is 1. The summed E-state index contributed by atoms with van der Waals surface area (Å²) < 4.78 is 30.3. The van der Waals surface area contributed by atoms with E-state index in [0.717, 1.165) is 40.0 Å². The average molecular weight is 501 g/mol. The number of hydrogen-bond donors (Lipinski definition) is 1. The van der Waals surface area contributed by atoms with Gasteiger partial charge in [0.15, 0.2) is 9.84 Å². The minimum absolute atomic E-state index is 0.125. The van der Waals surface area contributed by atoms with Gasteiger partial charge in [-0.1, -0.05) is 22.0 Å². The summed E-state index contributed by atoms with van der Waals surface area (Å²) in [6, 6.07) is 5.42. The molecular weight excluding hydrogens is 476 g/mol. The molecule has 158 valence electrons. The van der Waals surface area contributed by atoms with Crippen LogP contribution in [0.25, 0.3) is 10.4 Å². The molecule has 1 fully saturated rings. The van der Waals surface area contributed by atoms with Crippen molar-refractivity contribution in [3.05, 3.63) is 33.9 Å². The Morgan fingerprint density at radius 3 is 2.59 bits per heavy atom. The van der Waals surface area contributed by atoms with E-state index in [9.17, 15) is 13.2 Å². The number of halogens is 1. The van der Waals surface area contributed by atoms with Crippen LogP contribution >= 0.6 is 27.3 Å². The first-order valence-corrected chi connectivity index (χ1v) is 13.1. The number of aromatic nitrogens is 1. The van der Waals surface area contributed by atoms with E-state index < -0.39 is 9.84 Å². The number of thiazole rings is 1. The van der Waals surface area contributed by atoms with Gasteiger partial charge in [-0.2, -0.15) is 0 Å². The molecule has 1 N–H and O–H groups in total. The van der Waals surface area contributed by atoms with Crippen molar-refractivity contribution in [1.82, 2.24) is 10.3 Å². The summed E-state index contributed by atoms with van der Waals surface area (Å²) in [5.74, 6) is 0.324. The number of hydrogen-bond acceptors (Lipinski definition) is 6. The second-order valence-corrected chi connectivity index (χ2v) is 11.6. The van der Waals surface area contributed by atoms with Gasteiger partial charge < -0.3 is 10.1 Å². The Labute approximate surface area is 184 Å². The molecule has 1 aliphatic carbocycles. The first-order chi connectivity index (χ1) is 13.6. The molecule has 0 unspecified atom stereocenters. The Bertz CT molecular complexity index is 980. The van der Waals surface area contributed by atoms with Crippen molar-refractivity contribution in [2.24, 2.45) is 0 Å². The second-order valence-electron chi connectivity index (χ2n) is 7.62. The Morgan fingerprint density at radius 1 is 1.28 bits per heavy atom. The van der Waals surface area contributed by atoms with Gasteiger partial charge in [0.05, 0.1) is 20.9 Å². The third kappa shape index (κ3) is 5.79. The summed E-state index contributed by atoms with van der Waals surface area (Å²) in [5.41, 5.74) is 0.686. The molecule has 1 aromatic carbocycles. The molecule has 1 aliphatic rings. The van der Waals surface area contributed by atoms with Crippen LogP contribution in [0.15, 0.2) is 33.8 Å². The molecule has 2 aromatic rings. The Balaban J connectivity index is 1.69. The van der Waals surface area contributed by atoms with Crippen LogP contribution in [0.2, 0.25) is 0 Å². The lowest BCUT2D eigenvalue weighted by Gasteiger charge is -2.28. The van der Waals surface area contributed by atoms with Crippen molar-refractivity contribution < 1.29 is 17.9 Å². The SMILES string of the molecule is CC(C)OC(=O)N[C@H]1CC[C@H](c2ncc(-c3ccc(Br)cc3S(C)(=O)=O)s2)CC1. The van der Waals surface area contributed by atoms with Crippen LogP contribution in [0.5, 0.6) is 0 Å². The predicted octanol–water partition coefficient (Wildman–Crippen LogP) is 5.14. The second kappa shape index (κ2) is 9.14. The van der Waals surface area contributed by atoms with E-state index >= 15 is 0 Å². The topological polar surface area (TPSA) is 85.4 Å². The van der Waals surface area contributed by atoms with Crippen molar-refractivity contribution in [3.8, 4) is 10.4 Å². The molecule has 0 saturated heterocycles.